The summed E-state index contributed by atoms with van der Waals surface area (Å²) >= 11 is 0. The maximum absolute atomic E-state index is 11.8. The van der Waals surface area contributed by atoms with E-state index in [2.05, 4.69) is 5.32 Å². The van der Waals surface area contributed by atoms with Gasteiger partial charge in [-0.1, -0.05) is 38.1 Å². The third-order valence-corrected chi connectivity index (χ3v) is 3.05. The number of carbonyl (C=O) groups is 1. The molecule has 1 rings (SSSR count). The van der Waals surface area contributed by atoms with E-state index in [-0.39, 0.29) is 11.8 Å². The summed E-state index contributed by atoms with van der Waals surface area (Å²) in [5, 5.41) is 2.88. The summed E-state index contributed by atoms with van der Waals surface area (Å²) in [6.45, 7) is 7.58. The summed E-state index contributed by atoms with van der Waals surface area (Å²) in [5.74, 6) is 0.0277. The molecule has 0 bridgehead atoms. The standard InChI is InChI=1S/C15H24N2O2/c1-4-19-10-13-8-6-5-7-12(13)9-17-15(18)14(16)11(2)3/h5-8,11,14H,4,9-10,16H2,1-3H3,(H,17,18)/t14-/m1/s1. The predicted octanol–water partition coefficient (Wildman–Crippen LogP) is 1.82. The SMILES string of the molecule is CCOCc1ccccc1CNC(=O)[C@H](N)C(C)C. The zero-order chi connectivity index (χ0) is 14.3. The Kier molecular flexibility index (Phi) is 6.53. The molecule has 4 nitrogen and oxygen atoms in total. The lowest BCUT2D eigenvalue weighted by atomic mass is 10.0. The van der Waals surface area contributed by atoms with Crippen LogP contribution in [0, 0.1) is 5.92 Å². The van der Waals surface area contributed by atoms with Crippen LogP contribution in [0.5, 0.6) is 0 Å². The second kappa shape index (κ2) is 7.92. The molecule has 0 aliphatic heterocycles. The Morgan fingerprint density at radius 1 is 1.32 bits per heavy atom. The molecule has 1 aromatic rings. The van der Waals surface area contributed by atoms with E-state index >= 15 is 0 Å². The van der Waals surface area contributed by atoms with Gasteiger partial charge in [-0.25, -0.2) is 0 Å². The van der Waals surface area contributed by atoms with Gasteiger partial charge >= 0.3 is 0 Å². The minimum absolute atomic E-state index is 0.110. The molecule has 0 aromatic heterocycles. The van der Waals surface area contributed by atoms with Crippen molar-refractivity contribution in [2.24, 2.45) is 11.7 Å². The number of carbonyl (C=O) groups excluding carboxylic acids is 1. The van der Waals surface area contributed by atoms with Crippen LogP contribution in [0.15, 0.2) is 24.3 Å². The van der Waals surface area contributed by atoms with Crippen molar-refractivity contribution in [3.8, 4) is 0 Å². The van der Waals surface area contributed by atoms with Crippen LogP contribution in [0.2, 0.25) is 0 Å². The minimum Gasteiger partial charge on any atom is -0.377 e. The van der Waals surface area contributed by atoms with Crippen molar-refractivity contribution in [3.05, 3.63) is 35.4 Å². The monoisotopic (exact) mass is 264 g/mol. The van der Waals surface area contributed by atoms with Gasteiger partial charge in [0.1, 0.15) is 0 Å². The maximum Gasteiger partial charge on any atom is 0.237 e. The van der Waals surface area contributed by atoms with Gasteiger partial charge in [-0.15, -0.1) is 0 Å². The van der Waals surface area contributed by atoms with Crippen molar-refractivity contribution >= 4 is 5.91 Å². The summed E-state index contributed by atoms with van der Waals surface area (Å²) in [7, 11) is 0. The van der Waals surface area contributed by atoms with E-state index < -0.39 is 6.04 Å². The highest BCUT2D eigenvalue weighted by Gasteiger charge is 2.16. The second-order valence-electron chi connectivity index (χ2n) is 4.89. The number of nitrogens with two attached hydrogens (primary N) is 1. The van der Waals surface area contributed by atoms with Crippen LogP contribution in [0.25, 0.3) is 0 Å². The molecule has 19 heavy (non-hydrogen) atoms. The van der Waals surface area contributed by atoms with Crippen molar-refractivity contribution in [1.82, 2.24) is 5.32 Å². The predicted molar refractivity (Wildman–Crippen MR) is 76.4 cm³/mol. The molecular formula is C15H24N2O2. The molecule has 106 valence electrons. The van der Waals surface area contributed by atoms with Crippen molar-refractivity contribution in [2.75, 3.05) is 6.61 Å². The molecule has 0 saturated heterocycles. The molecule has 4 heteroatoms. The lowest BCUT2D eigenvalue weighted by molar-refractivity contribution is -0.123. The number of hydrogen-bond donors (Lipinski definition) is 2. The highest BCUT2D eigenvalue weighted by Crippen LogP contribution is 2.10. The highest BCUT2D eigenvalue weighted by molar-refractivity contribution is 5.81. The van der Waals surface area contributed by atoms with E-state index in [0.717, 1.165) is 11.1 Å². The first-order valence-electron chi connectivity index (χ1n) is 6.74. The zero-order valence-corrected chi connectivity index (χ0v) is 12.0. The number of amides is 1. The average molecular weight is 264 g/mol. The lowest BCUT2D eigenvalue weighted by Crippen LogP contribution is -2.43. The van der Waals surface area contributed by atoms with E-state index in [1.54, 1.807) is 0 Å². The molecule has 0 saturated carbocycles. The molecule has 3 N–H and O–H groups in total. The third-order valence-electron chi connectivity index (χ3n) is 3.05. The molecule has 0 fully saturated rings. The Bertz CT molecular complexity index is 405. The number of hydrogen-bond acceptors (Lipinski definition) is 3. The van der Waals surface area contributed by atoms with Gasteiger partial charge in [0.2, 0.25) is 5.91 Å². The van der Waals surface area contributed by atoms with Crippen molar-refractivity contribution in [2.45, 2.75) is 40.0 Å². The van der Waals surface area contributed by atoms with Gasteiger partial charge in [0.05, 0.1) is 12.6 Å². The van der Waals surface area contributed by atoms with Gasteiger partial charge in [-0.2, -0.15) is 0 Å². The van der Waals surface area contributed by atoms with Gasteiger partial charge in [-0.3, -0.25) is 4.79 Å². The summed E-state index contributed by atoms with van der Waals surface area (Å²) in [6.07, 6.45) is 0. The Morgan fingerprint density at radius 3 is 2.53 bits per heavy atom. The normalized spacial score (nSPS) is 12.5. The van der Waals surface area contributed by atoms with Crippen LogP contribution in [0.1, 0.15) is 31.9 Å². The largest absolute Gasteiger partial charge is 0.377 e. The molecular weight excluding hydrogens is 240 g/mol. The molecule has 0 radical (unpaired) electrons. The van der Waals surface area contributed by atoms with E-state index in [9.17, 15) is 4.79 Å². The molecule has 0 heterocycles. The Balaban J connectivity index is 2.59. The van der Waals surface area contributed by atoms with Crippen LogP contribution in [0.4, 0.5) is 0 Å². The molecule has 1 aromatic carbocycles. The third kappa shape index (κ3) is 5.01. The lowest BCUT2D eigenvalue weighted by Gasteiger charge is -2.16. The van der Waals surface area contributed by atoms with Gasteiger partial charge in [0.25, 0.3) is 0 Å². The van der Waals surface area contributed by atoms with Gasteiger partial charge < -0.3 is 15.8 Å². The fourth-order valence-electron chi connectivity index (χ4n) is 1.69. The summed E-state index contributed by atoms with van der Waals surface area (Å²) in [5.41, 5.74) is 7.98. The molecule has 0 aliphatic rings. The Morgan fingerprint density at radius 2 is 1.95 bits per heavy atom. The van der Waals surface area contributed by atoms with Gasteiger partial charge in [0.15, 0.2) is 0 Å². The highest BCUT2D eigenvalue weighted by atomic mass is 16.5. The van der Waals surface area contributed by atoms with Crippen LogP contribution in [0.3, 0.4) is 0 Å². The second-order valence-corrected chi connectivity index (χ2v) is 4.89. The van der Waals surface area contributed by atoms with E-state index in [0.29, 0.717) is 19.8 Å². The first kappa shape index (κ1) is 15.7. The summed E-state index contributed by atoms with van der Waals surface area (Å²) in [6, 6.07) is 7.48. The topological polar surface area (TPSA) is 64.3 Å². The number of benzene rings is 1. The van der Waals surface area contributed by atoms with Gasteiger partial charge in [-0.05, 0) is 24.0 Å². The first-order valence-corrected chi connectivity index (χ1v) is 6.74. The van der Waals surface area contributed by atoms with Gasteiger partial charge in [0, 0.05) is 13.2 Å². The van der Waals surface area contributed by atoms with E-state index in [1.807, 2.05) is 45.0 Å². The number of rotatable bonds is 7. The van der Waals surface area contributed by atoms with Crippen LogP contribution >= 0.6 is 0 Å². The molecule has 1 amide bonds. The molecule has 0 spiro atoms. The summed E-state index contributed by atoms with van der Waals surface area (Å²) in [4.78, 5) is 11.8. The van der Waals surface area contributed by atoms with Crippen molar-refractivity contribution in [1.29, 1.82) is 0 Å². The van der Waals surface area contributed by atoms with Crippen molar-refractivity contribution in [3.63, 3.8) is 0 Å². The van der Waals surface area contributed by atoms with Crippen LogP contribution in [-0.4, -0.2) is 18.6 Å². The van der Waals surface area contributed by atoms with Crippen molar-refractivity contribution < 1.29 is 9.53 Å². The quantitative estimate of drug-likeness (QED) is 0.789. The maximum atomic E-state index is 11.8. The van der Waals surface area contributed by atoms with E-state index in [1.165, 1.54) is 0 Å². The fourth-order valence-corrected chi connectivity index (χ4v) is 1.69. The Labute approximate surface area is 115 Å². The fraction of sp³-hybridized carbons (Fsp3) is 0.533. The summed E-state index contributed by atoms with van der Waals surface area (Å²) < 4.78 is 5.42. The number of nitrogens with one attached hydrogen (secondary N) is 1. The number of ether oxygens (including phenoxy) is 1. The minimum atomic E-state index is -0.459. The Hall–Kier alpha value is -1.39. The first-order chi connectivity index (χ1) is 9.06. The molecule has 0 unspecified atom stereocenters. The molecule has 0 aliphatic carbocycles. The average Bonchev–Trinajstić information content (AvgIpc) is 2.42. The smallest absolute Gasteiger partial charge is 0.237 e. The zero-order valence-electron chi connectivity index (χ0n) is 12.0. The van der Waals surface area contributed by atoms with Crippen LogP contribution in [-0.2, 0) is 22.7 Å². The van der Waals surface area contributed by atoms with Crippen LogP contribution < -0.4 is 11.1 Å². The van der Waals surface area contributed by atoms with E-state index in [4.69, 9.17) is 10.5 Å². The molecule has 1 atom stereocenters.